The van der Waals surface area contributed by atoms with Gasteiger partial charge in [-0.05, 0) is 26.7 Å². The Morgan fingerprint density at radius 3 is 2.58 bits per heavy atom. The number of hydrogen-bond donors (Lipinski definition) is 2. The predicted octanol–water partition coefficient (Wildman–Crippen LogP) is 2.24. The zero-order valence-corrected chi connectivity index (χ0v) is 11.8. The lowest BCUT2D eigenvalue weighted by molar-refractivity contribution is -0.143. The topological polar surface area (TPSA) is 69.6 Å². The molecule has 1 saturated carbocycles. The van der Waals surface area contributed by atoms with Gasteiger partial charge in [0, 0.05) is 18.6 Å². The van der Waals surface area contributed by atoms with Crippen molar-refractivity contribution in [1.82, 2.24) is 10.2 Å². The first-order chi connectivity index (χ1) is 8.97. The first-order valence-corrected chi connectivity index (χ1v) is 6.88. The summed E-state index contributed by atoms with van der Waals surface area (Å²) in [6.07, 6.45) is 4.95. The third-order valence-corrected chi connectivity index (χ3v) is 3.60. The molecule has 1 aliphatic carbocycles. The van der Waals surface area contributed by atoms with Gasteiger partial charge in [0.15, 0.2) is 0 Å². The summed E-state index contributed by atoms with van der Waals surface area (Å²) >= 11 is 0. The zero-order valence-electron chi connectivity index (χ0n) is 11.8. The highest BCUT2D eigenvalue weighted by atomic mass is 16.4. The summed E-state index contributed by atoms with van der Waals surface area (Å²) in [6.45, 7) is 7.96. The minimum atomic E-state index is -0.815. The number of rotatable bonds is 5. The van der Waals surface area contributed by atoms with Crippen LogP contribution in [0, 0.1) is 5.92 Å². The first-order valence-electron chi connectivity index (χ1n) is 6.88. The van der Waals surface area contributed by atoms with Gasteiger partial charge in [0.1, 0.15) is 0 Å². The second kappa shape index (κ2) is 7.16. The number of carboxylic acids is 1. The minimum Gasteiger partial charge on any atom is -0.481 e. The SMILES string of the molecule is C=CCN(C(=O)NC1CCCCC1C(=O)O)C(C)C. The smallest absolute Gasteiger partial charge is 0.318 e. The Morgan fingerprint density at radius 1 is 1.42 bits per heavy atom. The summed E-state index contributed by atoms with van der Waals surface area (Å²) in [4.78, 5) is 25.0. The average Bonchev–Trinajstić information content (AvgIpc) is 2.35. The number of aliphatic carboxylic acids is 1. The van der Waals surface area contributed by atoms with Crippen LogP contribution in [0.15, 0.2) is 12.7 Å². The number of carboxylic acid groups (broad SMARTS) is 1. The van der Waals surface area contributed by atoms with Gasteiger partial charge in [0.25, 0.3) is 0 Å². The Labute approximate surface area is 114 Å². The summed E-state index contributed by atoms with van der Waals surface area (Å²) in [6, 6.07) is -0.400. The standard InChI is InChI=1S/C14H24N2O3/c1-4-9-16(10(2)3)14(19)15-12-8-6-5-7-11(12)13(17)18/h4,10-12H,1,5-9H2,2-3H3,(H,15,19)(H,17,18). The normalized spacial score (nSPS) is 22.9. The average molecular weight is 268 g/mol. The molecule has 0 aromatic rings. The van der Waals surface area contributed by atoms with E-state index in [2.05, 4.69) is 11.9 Å². The van der Waals surface area contributed by atoms with Crippen molar-refractivity contribution in [3.63, 3.8) is 0 Å². The van der Waals surface area contributed by atoms with Crippen molar-refractivity contribution in [2.75, 3.05) is 6.54 Å². The van der Waals surface area contributed by atoms with E-state index in [0.29, 0.717) is 13.0 Å². The molecule has 19 heavy (non-hydrogen) atoms. The lowest BCUT2D eigenvalue weighted by Gasteiger charge is -2.33. The highest BCUT2D eigenvalue weighted by molar-refractivity contribution is 5.77. The van der Waals surface area contributed by atoms with Crippen LogP contribution in [-0.2, 0) is 4.79 Å². The van der Waals surface area contributed by atoms with Gasteiger partial charge in [-0.15, -0.1) is 6.58 Å². The Morgan fingerprint density at radius 2 is 2.05 bits per heavy atom. The van der Waals surface area contributed by atoms with Crippen LogP contribution in [0.5, 0.6) is 0 Å². The number of nitrogens with one attached hydrogen (secondary N) is 1. The summed E-state index contributed by atoms with van der Waals surface area (Å²) in [5.74, 6) is -1.28. The van der Waals surface area contributed by atoms with Crippen molar-refractivity contribution < 1.29 is 14.7 Å². The van der Waals surface area contributed by atoms with Crippen LogP contribution in [0.2, 0.25) is 0 Å². The van der Waals surface area contributed by atoms with Crippen LogP contribution in [0.3, 0.4) is 0 Å². The van der Waals surface area contributed by atoms with Crippen molar-refractivity contribution in [2.45, 2.75) is 51.6 Å². The molecule has 0 spiro atoms. The molecule has 0 heterocycles. The number of carbonyl (C=O) groups is 2. The van der Waals surface area contributed by atoms with E-state index in [1.807, 2.05) is 13.8 Å². The number of amides is 2. The van der Waals surface area contributed by atoms with Crippen LogP contribution in [0.25, 0.3) is 0 Å². The number of carbonyl (C=O) groups excluding carboxylic acids is 1. The van der Waals surface area contributed by atoms with Gasteiger partial charge in [-0.3, -0.25) is 4.79 Å². The maximum Gasteiger partial charge on any atom is 0.318 e. The molecular formula is C14H24N2O3. The molecule has 0 aliphatic heterocycles. The molecule has 2 atom stereocenters. The minimum absolute atomic E-state index is 0.0601. The highest BCUT2D eigenvalue weighted by Gasteiger charge is 2.32. The molecule has 1 rings (SSSR count). The zero-order chi connectivity index (χ0) is 14.4. The van der Waals surface area contributed by atoms with E-state index < -0.39 is 11.9 Å². The molecule has 1 aliphatic rings. The van der Waals surface area contributed by atoms with Crippen molar-refractivity contribution in [1.29, 1.82) is 0 Å². The predicted molar refractivity (Wildman–Crippen MR) is 74.0 cm³/mol. The lowest BCUT2D eigenvalue weighted by atomic mass is 9.84. The van der Waals surface area contributed by atoms with Crippen LogP contribution in [-0.4, -0.2) is 40.6 Å². The molecule has 5 nitrogen and oxygen atoms in total. The van der Waals surface area contributed by atoms with Gasteiger partial charge < -0.3 is 15.3 Å². The third kappa shape index (κ3) is 4.26. The largest absolute Gasteiger partial charge is 0.481 e. The van der Waals surface area contributed by atoms with Crippen LogP contribution < -0.4 is 5.32 Å². The molecule has 5 heteroatoms. The molecule has 0 bridgehead atoms. The molecule has 1 fully saturated rings. The fourth-order valence-corrected chi connectivity index (χ4v) is 2.51. The third-order valence-electron chi connectivity index (χ3n) is 3.60. The van der Waals surface area contributed by atoms with Crippen LogP contribution >= 0.6 is 0 Å². The maximum absolute atomic E-state index is 12.2. The number of nitrogens with zero attached hydrogens (tertiary/aromatic N) is 1. The maximum atomic E-state index is 12.2. The Kier molecular flexibility index (Phi) is 5.86. The fourth-order valence-electron chi connectivity index (χ4n) is 2.51. The van der Waals surface area contributed by atoms with E-state index >= 15 is 0 Å². The fraction of sp³-hybridized carbons (Fsp3) is 0.714. The highest BCUT2D eigenvalue weighted by Crippen LogP contribution is 2.24. The van der Waals surface area contributed by atoms with Gasteiger partial charge in [0.05, 0.1) is 5.92 Å². The Hall–Kier alpha value is -1.52. The summed E-state index contributed by atoms with van der Waals surface area (Å²) in [7, 11) is 0. The van der Waals surface area contributed by atoms with Crippen LogP contribution in [0.1, 0.15) is 39.5 Å². The first kappa shape index (κ1) is 15.5. The Balaban J connectivity index is 2.67. The van der Waals surface area contributed by atoms with E-state index in [4.69, 9.17) is 0 Å². The van der Waals surface area contributed by atoms with Crippen LogP contribution in [0.4, 0.5) is 4.79 Å². The number of hydrogen-bond acceptors (Lipinski definition) is 2. The molecule has 2 amide bonds. The molecule has 2 unspecified atom stereocenters. The molecule has 0 radical (unpaired) electrons. The Bertz CT molecular complexity index is 342. The second-order valence-electron chi connectivity index (χ2n) is 5.32. The summed E-state index contributed by atoms with van der Waals surface area (Å²) in [5.41, 5.74) is 0. The molecule has 0 aromatic heterocycles. The summed E-state index contributed by atoms with van der Waals surface area (Å²) < 4.78 is 0. The van der Waals surface area contributed by atoms with E-state index in [9.17, 15) is 14.7 Å². The van der Waals surface area contributed by atoms with Crippen molar-refractivity contribution in [3.05, 3.63) is 12.7 Å². The molecule has 0 aromatic carbocycles. The van der Waals surface area contributed by atoms with Crippen molar-refractivity contribution >= 4 is 12.0 Å². The van der Waals surface area contributed by atoms with Gasteiger partial charge in [-0.2, -0.15) is 0 Å². The van der Waals surface area contributed by atoms with Crippen molar-refractivity contribution in [3.8, 4) is 0 Å². The molecule has 108 valence electrons. The number of urea groups is 1. The van der Waals surface area contributed by atoms with E-state index in [-0.39, 0.29) is 18.1 Å². The van der Waals surface area contributed by atoms with Gasteiger partial charge in [-0.1, -0.05) is 18.9 Å². The quantitative estimate of drug-likeness (QED) is 0.751. The van der Waals surface area contributed by atoms with E-state index in [1.54, 1.807) is 11.0 Å². The molecular weight excluding hydrogens is 244 g/mol. The summed E-state index contributed by atoms with van der Waals surface area (Å²) in [5, 5.41) is 12.1. The van der Waals surface area contributed by atoms with Gasteiger partial charge in [-0.25, -0.2) is 4.79 Å². The van der Waals surface area contributed by atoms with Gasteiger partial charge >= 0.3 is 12.0 Å². The monoisotopic (exact) mass is 268 g/mol. The molecule has 0 saturated heterocycles. The molecule has 2 N–H and O–H groups in total. The van der Waals surface area contributed by atoms with Crippen molar-refractivity contribution in [2.24, 2.45) is 5.92 Å². The van der Waals surface area contributed by atoms with E-state index in [0.717, 1.165) is 19.3 Å². The van der Waals surface area contributed by atoms with Gasteiger partial charge in [0.2, 0.25) is 0 Å². The lowest BCUT2D eigenvalue weighted by Crippen LogP contribution is -2.51. The second-order valence-corrected chi connectivity index (χ2v) is 5.32. The van der Waals surface area contributed by atoms with E-state index in [1.165, 1.54) is 0 Å².